The van der Waals surface area contributed by atoms with Gasteiger partial charge in [-0.1, -0.05) is 23.7 Å². The van der Waals surface area contributed by atoms with Crippen LogP contribution in [0.1, 0.15) is 10.4 Å². The number of esters is 1. The van der Waals surface area contributed by atoms with Gasteiger partial charge in [0.15, 0.2) is 12.0 Å². The summed E-state index contributed by atoms with van der Waals surface area (Å²) >= 11 is 5.83. The van der Waals surface area contributed by atoms with Crippen LogP contribution in [0.5, 0.6) is 5.75 Å². The minimum Gasteiger partial charge on any atom is -0.443 e. The smallest absolute Gasteiger partial charge is 0.345 e. The van der Waals surface area contributed by atoms with Crippen molar-refractivity contribution in [3.05, 3.63) is 59.4 Å². The molecule has 1 heterocycles. The lowest BCUT2D eigenvalue weighted by atomic mass is 10.2. The molecule has 2 aromatic carbocycles. The number of halogens is 1. The predicted octanol–water partition coefficient (Wildman–Crippen LogP) is 3.70. The molecule has 0 N–H and O–H groups in total. The molecule has 0 fully saturated rings. The molecule has 0 atom stereocenters. The van der Waals surface area contributed by atoms with Crippen LogP contribution in [-0.4, -0.2) is 11.0 Å². The first-order chi connectivity index (χ1) is 9.24. The monoisotopic (exact) mass is 273 g/mol. The Bertz CT molecular complexity index is 751. The maximum absolute atomic E-state index is 12.1. The van der Waals surface area contributed by atoms with Crippen molar-refractivity contribution in [1.29, 1.82) is 0 Å². The van der Waals surface area contributed by atoms with E-state index in [4.69, 9.17) is 20.8 Å². The SMILES string of the molecule is O=C(Oc1cccc(Cl)c1)c1cccc2ocnc12. The number of hydrogen-bond acceptors (Lipinski definition) is 4. The summed E-state index contributed by atoms with van der Waals surface area (Å²) in [4.78, 5) is 16.1. The molecular formula is C14H8ClNO3. The van der Waals surface area contributed by atoms with Crippen molar-refractivity contribution < 1.29 is 13.9 Å². The van der Waals surface area contributed by atoms with Crippen molar-refractivity contribution in [2.24, 2.45) is 0 Å². The third kappa shape index (κ3) is 2.30. The lowest BCUT2D eigenvalue weighted by Gasteiger charge is -2.04. The highest BCUT2D eigenvalue weighted by molar-refractivity contribution is 6.30. The Balaban J connectivity index is 1.94. The van der Waals surface area contributed by atoms with Crippen molar-refractivity contribution in [1.82, 2.24) is 4.98 Å². The van der Waals surface area contributed by atoms with Crippen LogP contribution < -0.4 is 4.74 Å². The molecule has 4 nitrogen and oxygen atoms in total. The van der Waals surface area contributed by atoms with Crippen molar-refractivity contribution in [2.45, 2.75) is 0 Å². The van der Waals surface area contributed by atoms with E-state index in [0.29, 0.717) is 27.4 Å². The average molecular weight is 274 g/mol. The van der Waals surface area contributed by atoms with Gasteiger partial charge in [0, 0.05) is 5.02 Å². The van der Waals surface area contributed by atoms with E-state index in [1.807, 2.05) is 0 Å². The molecule has 0 bridgehead atoms. The summed E-state index contributed by atoms with van der Waals surface area (Å²) in [6.07, 6.45) is 1.29. The minimum atomic E-state index is -0.498. The molecule has 0 aliphatic rings. The molecule has 1 aromatic heterocycles. The molecule has 19 heavy (non-hydrogen) atoms. The normalized spacial score (nSPS) is 10.6. The Morgan fingerprint density at radius 2 is 2.05 bits per heavy atom. The number of benzene rings is 2. The van der Waals surface area contributed by atoms with Gasteiger partial charge in [-0.25, -0.2) is 9.78 Å². The fourth-order valence-corrected chi connectivity index (χ4v) is 1.92. The van der Waals surface area contributed by atoms with Crippen LogP contribution in [0.25, 0.3) is 11.1 Å². The summed E-state index contributed by atoms with van der Waals surface area (Å²) in [6, 6.07) is 11.7. The topological polar surface area (TPSA) is 52.3 Å². The molecule has 0 spiro atoms. The van der Waals surface area contributed by atoms with Gasteiger partial charge in [0.1, 0.15) is 11.3 Å². The Hall–Kier alpha value is -2.33. The van der Waals surface area contributed by atoms with E-state index in [1.54, 1.807) is 42.5 Å². The Kier molecular flexibility index (Phi) is 2.93. The van der Waals surface area contributed by atoms with Crippen LogP contribution in [0, 0.1) is 0 Å². The second-order valence-corrected chi connectivity index (χ2v) is 4.29. The van der Waals surface area contributed by atoms with Gasteiger partial charge in [-0.2, -0.15) is 0 Å². The molecule has 0 unspecified atom stereocenters. The molecule has 0 aliphatic heterocycles. The fraction of sp³-hybridized carbons (Fsp3) is 0. The van der Waals surface area contributed by atoms with E-state index >= 15 is 0 Å². The number of fused-ring (bicyclic) bond motifs is 1. The van der Waals surface area contributed by atoms with Crippen molar-refractivity contribution in [2.75, 3.05) is 0 Å². The van der Waals surface area contributed by atoms with Crippen molar-refractivity contribution in [3.63, 3.8) is 0 Å². The molecule has 3 rings (SSSR count). The Labute approximate surface area is 113 Å². The number of hydrogen-bond donors (Lipinski definition) is 0. The molecule has 0 saturated heterocycles. The van der Waals surface area contributed by atoms with E-state index in [1.165, 1.54) is 6.39 Å². The lowest BCUT2D eigenvalue weighted by molar-refractivity contribution is 0.0736. The zero-order valence-corrected chi connectivity index (χ0v) is 10.4. The number of nitrogens with zero attached hydrogens (tertiary/aromatic N) is 1. The number of rotatable bonds is 2. The summed E-state index contributed by atoms with van der Waals surface area (Å²) in [5.74, 6) is -0.111. The minimum absolute atomic E-state index is 0.353. The standard InChI is InChI=1S/C14H8ClNO3/c15-9-3-1-4-10(7-9)19-14(17)11-5-2-6-12-13(11)16-8-18-12/h1-8H. The quantitative estimate of drug-likeness (QED) is 0.528. The molecule has 0 aliphatic carbocycles. The van der Waals surface area contributed by atoms with Gasteiger partial charge in [-0.15, -0.1) is 0 Å². The highest BCUT2D eigenvalue weighted by Gasteiger charge is 2.15. The third-order valence-electron chi connectivity index (χ3n) is 2.59. The van der Waals surface area contributed by atoms with Gasteiger partial charge in [-0.05, 0) is 30.3 Å². The number of para-hydroxylation sites is 1. The van der Waals surface area contributed by atoms with E-state index < -0.39 is 5.97 Å². The number of aromatic nitrogens is 1. The molecule has 3 aromatic rings. The number of ether oxygens (including phenoxy) is 1. The van der Waals surface area contributed by atoms with Crippen LogP contribution in [0.3, 0.4) is 0 Å². The molecule has 94 valence electrons. The first kappa shape index (κ1) is 11.7. The van der Waals surface area contributed by atoms with Gasteiger partial charge >= 0.3 is 5.97 Å². The van der Waals surface area contributed by atoms with E-state index in [9.17, 15) is 4.79 Å². The Morgan fingerprint density at radius 1 is 1.21 bits per heavy atom. The van der Waals surface area contributed by atoms with Gasteiger partial charge in [-0.3, -0.25) is 0 Å². The van der Waals surface area contributed by atoms with E-state index in [-0.39, 0.29) is 0 Å². The molecule has 0 radical (unpaired) electrons. The summed E-state index contributed by atoms with van der Waals surface area (Å²) in [5, 5.41) is 0.505. The summed E-state index contributed by atoms with van der Waals surface area (Å²) in [6.45, 7) is 0. The second-order valence-electron chi connectivity index (χ2n) is 3.85. The highest BCUT2D eigenvalue weighted by Crippen LogP contribution is 2.21. The number of oxazole rings is 1. The molecule has 5 heteroatoms. The summed E-state index contributed by atoms with van der Waals surface area (Å²) < 4.78 is 10.4. The Morgan fingerprint density at radius 3 is 2.89 bits per heavy atom. The summed E-state index contributed by atoms with van der Waals surface area (Å²) in [7, 11) is 0. The molecule has 0 saturated carbocycles. The highest BCUT2D eigenvalue weighted by atomic mass is 35.5. The van der Waals surface area contributed by atoms with Crippen LogP contribution in [0.15, 0.2) is 53.3 Å². The van der Waals surface area contributed by atoms with Gasteiger partial charge in [0.05, 0.1) is 5.56 Å². The van der Waals surface area contributed by atoms with E-state index in [2.05, 4.69) is 4.98 Å². The zero-order valence-electron chi connectivity index (χ0n) is 9.67. The van der Waals surface area contributed by atoms with Gasteiger partial charge < -0.3 is 9.15 Å². The van der Waals surface area contributed by atoms with Crippen LogP contribution >= 0.6 is 11.6 Å². The number of carbonyl (C=O) groups excluding carboxylic acids is 1. The third-order valence-corrected chi connectivity index (χ3v) is 2.82. The average Bonchev–Trinajstić information content (AvgIpc) is 2.86. The summed E-state index contributed by atoms with van der Waals surface area (Å²) in [5.41, 5.74) is 1.38. The van der Waals surface area contributed by atoms with Crippen molar-refractivity contribution >= 4 is 28.7 Å². The zero-order chi connectivity index (χ0) is 13.2. The predicted molar refractivity (Wildman–Crippen MR) is 70.4 cm³/mol. The van der Waals surface area contributed by atoms with Crippen LogP contribution in [0.2, 0.25) is 5.02 Å². The van der Waals surface area contributed by atoms with Crippen LogP contribution in [-0.2, 0) is 0 Å². The maximum Gasteiger partial charge on any atom is 0.345 e. The second kappa shape index (κ2) is 4.74. The van der Waals surface area contributed by atoms with Crippen molar-refractivity contribution in [3.8, 4) is 5.75 Å². The first-order valence-corrected chi connectivity index (χ1v) is 5.92. The lowest BCUT2D eigenvalue weighted by Crippen LogP contribution is -2.09. The molecular weight excluding hydrogens is 266 g/mol. The van der Waals surface area contributed by atoms with E-state index in [0.717, 1.165) is 0 Å². The largest absolute Gasteiger partial charge is 0.443 e. The van der Waals surface area contributed by atoms with Gasteiger partial charge in [0.2, 0.25) is 0 Å². The van der Waals surface area contributed by atoms with Gasteiger partial charge in [0.25, 0.3) is 0 Å². The number of carbonyl (C=O) groups is 1. The van der Waals surface area contributed by atoms with Crippen LogP contribution in [0.4, 0.5) is 0 Å². The maximum atomic E-state index is 12.1. The first-order valence-electron chi connectivity index (χ1n) is 5.54. The molecule has 0 amide bonds. The fourth-order valence-electron chi connectivity index (χ4n) is 1.74.